The highest BCUT2D eigenvalue weighted by atomic mass is 32.2. The minimum Gasteiger partial charge on any atom is -0.322 e. The number of alkyl halides is 3. The monoisotopic (exact) mass is 314 g/mol. The molecule has 0 fully saturated rings. The Morgan fingerprint density at radius 1 is 1.35 bits per heavy atom. The molecule has 0 aliphatic carbocycles. The Bertz CT molecular complexity index is 480. The molecular weight excluding hydrogens is 303 g/mol. The molecule has 0 spiro atoms. The Balaban J connectivity index is 2.49. The van der Waals surface area contributed by atoms with E-state index in [9.17, 15) is 26.7 Å². The minimum absolute atomic E-state index is 0.223. The Labute approximate surface area is 115 Å². The summed E-state index contributed by atoms with van der Waals surface area (Å²) in [6.07, 6.45) is -0.223. The SMILES string of the molecule is NC(CCSC(F)(F)F)C(=O)Nc1ccc(F)cc1F. The summed E-state index contributed by atoms with van der Waals surface area (Å²) in [6, 6.07) is 1.29. The molecule has 3 nitrogen and oxygen atoms in total. The van der Waals surface area contributed by atoms with Gasteiger partial charge in [0.2, 0.25) is 5.91 Å². The first-order chi connectivity index (χ1) is 9.19. The number of hydrogen-bond donors (Lipinski definition) is 2. The second-order valence-corrected chi connectivity index (χ2v) is 4.96. The van der Waals surface area contributed by atoms with Crippen LogP contribution in [0.1, 0.15) is 6.42 Å². The smallest absolute Gasteiger partial charge is 0.322 e. The van der Waals surface area contributed by atoms with E-state index >= 15 is 0 Å². The molecule has 3 N–H and O–H groups in total. The van der Waals surface area contributed by atoms with E-state index in [-0.39, 0.29) is 29.6 Å². The van der Waals surface area contributed by atoms with E-state index in [2.05, 4.69) is 5.32 Å². The molecule has 0 radical (unpaired) electrons. The molecule has 20 heavy (non-hydrogen) atoms. The van der Waals surface area contributed by atoms with Crippen LogP contribution in [0, 0.1) is 11.6 Å². The van der Waals surface area contributed by atoms with E-state index in [0.29, 0.717) is 6.07 Å². The molecular formula is C11H11F5N2OS. The maximum Gasteiger partial charge on any atom is 0.441 e. The van der Waals surface area contributed by atoms with Crippen LogP contribution >= 0.6 is 11.8 Å². The normalized spacial score (nSPS) is 13.1. The number of anilines is 1. The summed E-state index contributed by atoms with van der Waals surface area (Å²) in [5.41, 5.74) is 0.713. The molecule has 1 amide bonds. The summed E-state index contributed by atoms with van der Waals surface area (Å²) in [6.45, 7) is 0. The molecule has 0 saturated carbocycles. The van der Waals surface area contributed by atoms with Crippen LogP contribution in [0.25, 0.3) is 0 Å². The molecule has 1 aromatic rings. The lowest BCUT2D eigenvalue weighted by Crippen LogP contribution is -2.36. The van der Waals surface area contributed by atoms with Crippen molar-refractivity contribution in [3.8, 4) is 0 Å². The molecule has 1 atom stereocenters. The first-order valence-corrected chi connectivity index (χ1v) is 6.40. The van der Waals surface area contributed by atoms with Gasteiger partial charge in [-0.1, -0.05) is 11.8 Å². The van der Waals surface area contributed by atoms with Crippen molar-refractivity contribution in [3.05, 3.63) is 29.8 Å². The average Bonchev–Trinajstić information content (AvgIpc) is 2.30. The second-order valence-electron chi connectivity index (χ2n) is 3.80. The first kappa shape index (κ1) is 16.7. The minimum atomic E-state index is -4.39. The maximum atomic E-state index is 13.2. The van der Waals surface area contributed by atoms with Gasteiger partial charge in [0.05, 0.1) is 11.7 Å². The highest BCUT2D eigenvalue weighted by Crippen LogP contribution is 2.30. The third-order valence-corrected chi connectivity index (χ3v) is 2.99. The molecule has 1 aromatic carbocycles. The third kappa shape index (κ3) is 5.74. The first-order valence-electron chi connectivity index (χ1n) is 5.41. The van der Waals surface area contributed by atoms with Gasteiger partial charge in [-0.15, -0.1) is 0 Å². The standard InChI is InChI=1S/C11H11F5N2OS/c12-6-1-2-9(7(13)5-6)18-10(19)8(17)3-4-20-11(14,15)16/h1-2,5,8H,3-4,17H2,(H,18,19). The molecule has 0 heterocycles. The number of nitrogens with two attached hydrogens (primary N) is 1. The zero-order chi connectivity index (χ0) is 15.3. The summed E-state index contributed by atoms with van der Waals surface area (Å²) in [4.78, 5) is 11.5. The zero-order valence-corrected chi connectivity index (χ0v) is 10.8. The van der Waals surface area contributed by atoms with Gasteiger partial charge in [0.1, 0.15) is 11.6 Å². The van der Waals surface area contributed by atoms with Crippen molar-refractivity contribution < 1.29 is 26.7 Å². The van der Waals surface area contributed by atoms with E-state index in [1.54, 1.807) is 0 Å². The molecule has 9 heteroatoms. The van der Waals surface area contributed by atoms with E-state index in [4.69, 9.17) is 5.73 Å². The highest BCUT2D eigenvalue weighted by molar-refractivity contribution is 8.00. The number of thioether (sulfide) groups is 1. The molecule has 0 saturated heterocycles. The predicted molar refractivity (Wildman–Crippen MR) is 66.1 cm³/mol. The van der Waals surface area contributed by atoms with Crippen molar-refractivity contribution in [1.82, 2.24) is 0 Å². The Morgan fingerprint density at radius 2 is 2.00 bits per heavy atom. The van der Waals surface area contributed by atoms with Gasteiger partial charge in [0.15, 0.2) is 0 Å². The molecule has 0 aromatic heterocycles. The Hall–Kier alpha value is -1.35. The molecule has 112 valence electrons. The number of halogens is 5. The van der Waals surface area contributed by atoms with Gasteiger partial charge in [0.25, 0.3) is 0 Å². The van der Waals surface area contributed by atoms with Gasteiger partial charge in [-0.3, -0.25) is 4.79 Å². The summed E-state index contributed by atoms with van der Waals surface area (Å²) in [5, 5.41) is 2.09. The molecule has 0 aliphatic rings. The van der Waals surface area contributed by atoms with Crippen LogP contribution < -0.4 is 11.1 Å². The molecule has 1 unspecified atom stereocenters. The number of hydrogen-bond acceptors (Lipinski definition) is 3. The highest BCUT2D eigenvalue weighted by Gasteiger charge is 2.28. The van der Waals surface area contributed by atoms with Crippen LogP contribution in [-0.4, -0.2) is 23.2 Å². The topological polar surface area (TPSA) is 55.1 Å². The number of rotatable bonds is 5. The average molecular weight is 314 g/mol. The molecule has 1 rings (SSSR count). The maximum absolute atomic E-state index is 13.2. The summed E-state index contributed by atoms with van der Waals surface area (Å²) in [7, 11) is 0. The van der Waals surface area contributed by atoms with Crippen LogP contribution in [-0.2, 0) is 4.79 Å². The number of nitrogens with one attached hydrogen (secondary N) is 1. The van der Waals surface area contributed by atoms with Crippen molar-refractivity contribution in [3.63, 3.8) is 0 Å². The summed E-state index contributed by atoms with van der Waals surface area (Å²) >= 11 is -0.293. The second kappa shape index (κ2) is 6.89. The van der Waals surface area contributed by atoms with Crippen LogP contribution in [0.5, 0.6) is 0 Å². The number of amides is 1. The van der Waals surface area contributed by atoms with Crippen molar-refractivity contribution in [2.24, 2.45) is 5.73 Å². The largest absolute Gasteiger partial charge is 0.441 e. The predicted octanol–water partition coefficient (Wildman–Crippen LogP) is 2.87. The number of carbonyl (C=O) groups is 1. The van der Waals surface area contributed by atoms with Crippen LogP contribution in [0.4, 0.5) is 27.6 Å². The number of carbonyl (C=O) groups excluding carboxylic acids is 1. The van der Waals surface area contributed by atoms with Crippen molar-refractivity contribution >= 4 is 23.4 Å². The number of benzene rings is 1. The van der Waals surface area contributed by atoms with Gasteiger partial charge in [-0.05, 0) is 18.6 Å². The molecule has 0 bridgehead atoms. The summed E-state index contributed by atoms with van der Waals surface area (Å²) < 4.78 is 61.5. The summed E-state index contributed by atoms with van der Waals surface area (Å²) in [5.74, 6) is -3.02. The lowest BCUT2D eigenvalue weighted by atomic mass is 10.2. The lowest BCUT2D eigenvalue weighted by Gasteiger charge is -2.13. The Kier molecular flexibility index (Phi) is 5.75. The zero-order valence-electron chi connectivity index (χ0n) is 10.0. The third-order valence-electron chi connectivity index (χ3n) is 2.22. The molecule has 0 aliphatic heterocycles. The van der Waals surface area contributed by atoms with Gasteiger partial charge < -0.3 is 11.1 Å². The fourth-order valence-electron chi connectivity index (χ4n) is 1.25. The van der Waals surface area contributed by atoms with Crippen molar-refractivity contribution in [1.29, 1.82) is 0 Å². The van der Waals surface area contributed by atoms with Gasteiger partial charge in [-0.2, -0.15) is 13.2 Å². The Morgan fingerprint density at radius 3 is 2.55 bits per heavy atom. The van der Waals surface area contributed by atoms with E-state index in [1.165, 1.54) is 0 Å². The lowest BCUT2D eigenvalue weighted by molar-refractivity contribution is -0.117. The quantitative estimate of drug-likeness (QED) is 0.822. The van der Waals surface area contributed by atoms with Crippen LogP contribution in [0.15, 0.2) is 18.2 Å². The van der Waals surface area contributed by atoms with Gasteiger partial charge in [0, 0.05) is 11.8 Å². The van der Waals surface area contributed by atoms with E-state index in [1.807, 2.05) is 0 Å². The fraction of sp³-hybridized carbons (Fsp3) is 0.364. The fourth-order valence-corrected chi connectivity index (χ4v) is 1.85. The van der Waals surface area contributed by atoms with Gasteiger partial charge >= 0.3 is 5.51 Å². The van der Waals surface area contributed by atoms with Crippen molar-refractivity contribution in [2.45, 2.75) is 18.0 Å². The van der Waals surface area contributed by atoms with Gasteiger partial charge in [-0.25, -0.2) is 8.78 Å². The van der Waals surface area contributed by atoms with Crippen LogP contribution in [0.2, 0.25) is 0 Å². The van der Waals surface area contributed by atoms with Crippen LogP contribution in [0.3, 0.4) is 0 Å². The van der Waals surface area contributed by atoms with E-state index in [0.717, 1.165) is 12.1 Å². The van der Waals surface area contributed by atoms with Crippen molar-refractivity contribution in [2.75, 3.05) is 11.1 Å². The van der Waals surface area contributed by atoms with E-state index < -0.39 is 29.1 Å².